The van der Waals surface area contributed by atoms with Gasteiger partial charge < -0.3 is 20.9 Å². The number of hydrogen-bond acceptors (Lipinski definition) is 4. The third-order valence-corrected chi connectivity index (χ3v) is 7.02. The minimum absolute atomic E-state index is 0.00822. The van der Waals surface area contributed by atoms with E-state index in [1.165, 1.54) is 11.1 Å². The van der Waals surface area contributed by atoms with Crippen molar-refractivity contribution in [3.63, 3.8) is 0 Å². The molecule has 0 fully saturated rings. The maximum atomic E-state index is 6.52. The summed E-state index contributed by atoms with van der Waals surface area (Å²) in [7, 11) is 0. The predicted octanol–water partition coefficient (Wildman–Crippen LogP) is 9.24. The molecule has 204 valence electrons. The fourth-order valence-electron chi connectivity index (χ4n) is 4.63. The van der Waals surface area contributed by atoms with Gasteiger partial charge in [-0.3, -0.25) is 0 Å². The van der Waals surface area contributed by atoms with Crippen LogP contribution in [-0.4, -0.2) is 0 Å². The summed E-state index contributed by atoms with van der Waals surface area (Å²) in [6, 6.07) is 24.1. The summed E-state index contributed by atoms with van der Waals surface area (Å²) in [5.41, 5.74) is 20.2. The maximum Gasteiger partial charge on any atom is 0.133 e. The van der Waals surface area contributed by atoms with Gasteiger partial charge in [-0.2, -0.15) is 0 Å². The molecule has 4 N–H and O–H groups in total. The molecule has 0 amide bonds. The van der Waals surface area contributed by atoms with Crippen molar-refractivity contribution >= 4 is 11.4 Å². The van der Waals surface area contributed by atoms with Crippen molar-refractivity contribution in [1.29, 1.82) is 0 Å². The summed E-state index contributed by atoms with van der Waals surface area (Å²) in [4.78, 5) is 0. The highest BCUT2D eigenvalue weighted by molar-refractivity contribution is 5.55. The van der Waals surface area contributed by atoms with Crippen LogP contribution in [-0.2, 0) is 17.3 Å². The van der Waals surface area contributed by atoms with Crippen molar-refractivity contribution in [3.8, 4) is 23.0 Å². The lowest BCUT2D eigenvalue weighted by molar-refractivity contribution is 0.465. The fourth-order valence-corrected chi connectivity index (χ4v) is 4.63. The van der Waals surface area contributed by atoms with Gasteiger partial charge in [0.2, 0.25) is 0 Å². The molecule has 0 spiro atoms. The lowest BCUT2D eigenvalue weighted by atomic mass is 9.82. The smallest absolute Gasteiger partial charge is 0.133 e. The Morgan fingerprint density at radius 3 is 1.18 bits per heavy atom. The van der Waals surface area contributed by atoms with Gasteiger partial charge in [0.25, 0.3) is 0 Å². The van der Waals surface area contributed by atoms with Crippen LogP contribution in [0.4, 0.5) is 11.4 Å². The average molecular weight is 523 g/mol. The average Bonchev–Trinajstić information content (AvgIpc) is 2.84. The number of benzene rings is 4. The zero-order valence-electron chi connectivity index (χ0n) is 24.6. The van der Waals surface area contributed by atoms with E-state index in [1.54, 1.807) is 0 Å². The van der Waals surface area contributed by atoms with Crippen molar-refractivity contribution < 1.29 is 9.47 Å². The van der Waals surface area contributed by atoms with Crippen LogP contribution in [0.3, 0.4) is 0 Å². The Labute approximate surface area is 234 Å². The van der Waals surface area contributed by atoms with Crippen molar-refractivity contribution in [2.45, 2.75) is 72.6 Å². The molecule has 4 aromatic carbocycles. The number of ether oxygens (including phenoxy) is 2. The van der Waals surface area contributed by atoms with Crippen LogP contribution in [0.1, 0.15) is 74.9 Å². The molecule has 0 aromatic heterocycles. The van der Waals surface area contributed by atoms with E-state index in [2.05, 4.69) is 79.7 Å². The number of aryl methyl sites for hydroxylation is 2. The van der Waals surface area contributed by atoms with Gasteiger partial charge in [0.1, 0.15) is 23.0 Å². The number of anilines is 2. The normalized spacial score (nSPS) is 11.9. The Kier molecular flexibility index (Phi) is 7.70. The first-order valence-corrected chi connectivity index (χ1v) is 13.6. The van der Waals surface area contributed by atoms with Crippen molar-refractivity contribution in [3.05, 3.63) is 106 Å². The van der Waals surface area contributed by atoms with Gasteiger partial charge in [-0.25, -0.2) is 0 Å². The standard InChI is InChI=1S/C35H42N2O2/c1-22-17-26(34(3,4)5)20-24(32(22)38-30-13-9-28(36)10-14-30)19-25-21-27(35(6,7)8)18-23(2)33(25)39-31-15-11-29(37)12-16-31/h9-18,20-21H,19,36-37H2,1-8H3. The molecule has 0 aliphatic heterocycles. The molecule has 0 unspecified atom stereocenters. The number of nitrogen functional groups attached to an aromatic ring is 2. The molecule has 0 radical (unpaired) electrons. The fraction of sp³-hybridized carbons (Fsp3) is 0.314. The maximum absolute atomic E-state index is 6.52. The molecule has 4 heteroatoms. The first-order valence-electron chi connectivity index (χ1n) is 13.6. The number of nitrogens with two attached hydrogens (primary N) is 2. The Bertz CT molecular complexity index is 1340. The zero-order chi connectivity index (χ0) is 28.5. The summed E-state index contributed by atoms with van der Waals surface area (Å²) >= 11 is 0. The summed E-state index contributed by atoms with van der Waals surface area (Å²) in [5, 5.41) is 0. The molecule has 39 heavy (non-hydrogen) atoms. The van der Waals surface area contributed by atoms with Crippen LogP contribution in [0.25, 0.3) is 0 Å². The lowest BCUT2D eigenvalue weighted by Gasteiger charge is -2.25. The molecule has 4 rings (SSSR count). The Balaban J connectivity index is 1.87. The number of hydrogen-bond donors (Lipinski definition) is 2. The first-order chi connectivity index (χ1) is 18.2. The van der Waals surface area contributed by atoms with Crippen molar-refractivity contribution in [2.75, 3.05) is 11.5 Å². The van der Waals surface area contributed by atoms with E-state index in [1.807, 2.05) is 48.5 Å². The van der Waals surface area contributed by atoms with Crippen LogP contribution in [0.15, 0.2) is 72.8 Å². The van der Waals surface area contributed by atoms with Crippen LogP contribution in [0.5, 0.6) is 23.0 Å². The van der Waals surface area contributed by atoms with Gasteiger partial charge in [-0.1, -0.05) is 65.8 Å². The second-order valence-corrected chi connectivity index (χ2v) is 12.6. The van der Waals surface area contributed by atoms with Crippen LogP contribution < -0.4 is 20.9 Å². The van der Waals surface area contributed by atoms with E-state index in [-0.39, 0.29) is 10.8 Å². The predicted molar refractivity (Wildman–Crippen MR) is 164 cm³/mol. The SMILES string of the molecule is Cc1cc(C(C)(C)C)cc(Cc2cc(C(C)(C)C)cc(C)c2Oc2ccc(N)cc2)c1Oc1ccc(N)cc1. The second kappa shape index (κ2) is 10.7. The zero-order valence-corrected chi connectivity index (χ0v) is 24.6. The van der Waals surface area contributed by atoms with Gasteiger partial charge in [0.15, 0.2) is 0 Å². The Morgan fingerprint density at radius 1 is 0.538 bits per heavy atom. The van der Waals surface area contributed by atoms with Gasteiger partial charge >= 0.3 is 0 Å². The molecule has 0 atom stereocenters. The summed E-state index contributed by atoms with van der Waals surface area (Å²) in [6.45, 7) is 17.7. The summed E-state index contributed by atoms with van der Waals surface area (Å²) < 4.78 is 13.0. The third kappa shape index (κ3) is 6.75. The minimum atomic E-state index is -0.00822. The van der Waals surface area contributed by atoms with Gasteiger partial charge in [0, 0.05) is 17.8 Å². The minimum Gasteiger partial charge on any atom is -0.457 e. The van der Waals surface area contributed by atoms with Gasteiger partial charge in [0.05, 0.1) is 0 Å². The summed E-state index contributed by atoms with van der Waals surface area (Å²) in [5.74, 6) is 3.25. The van der Waals surface area contributed by atoms with E-state index in [4.69, 9.17) is 20.9 Å². The molecule has 0 aliphatic rings. The largest absolute Gasteiger partial charge is 0.457 e. The molecule has 0 saturated carbocycles. The molecular formula is C35H42N2O2. The van der Waals surface area contributed by atoms with Gasteiger partial charge in [-0.05, 0) is 107 Å². The molecule has 4 aromatic rings. The molecular weight excluding hydrogens is 480 g/mol. The van der Waals surface area contributed by atoms with Crippen molar-refractivity contribution in [1.82, 2.24) is 0 Å². The van der Waals surface area contributed by atoms with Crippen LogP contribution in [0, 0.1) is 13.8 Å². The van der Waals surface area contributed by atoms with Crippen LogP contribution in [0.2, 0.25) is 0 Å². The molecule has 0 aliphatic carbocycles. The highest BCUT2D eigenvalue weighted by atomic mass is 16.5. The monoisotopic (exact) mass is 522 g/mol. The topological polar surface area (TPSA) is 70.5 Å². The van der Waals surface area contributed by atoms with E-state index in [0.29, 0.717) is 17.8 Å². The Hall–Kier alpha value is -3.92. The van der Waals surface area contributed by atoms with E-state index < -0.39 is 0 Å². The second-order valence-electron chi connectivity index (χ2n) is 12.6. The van der Waals surface area contributed by atoms with E-state index in [0.717, 1.165) is 45.3 Å². The summed E-state index contributed by atoms with van der Waals surface area (Å²) in [6.07, 6.45) is 0.657. The van der Waals surface area contributed by atoms with E-state index >= 15 is 0 Å². The molecule has 0 saturated heterocycles. The molecule has 0 bridgehead atoms. The molecule has 0 heterocycles. The molecule has 4 nitrogen and oxygen atoms in total. The quantitative estimate of drug-likeness (QED) is 0.248. The lowest BCUT2D eigenvalue weighted by Crippen LogP contribution is -2.14. The van der Waals surface area contributed by atoms with Gasteiger partial charge in [-0.15, -0.1) is 0 Å². The highest BCUT2D eigenvalue weighted by Gasteiger charge is 2.23. The van der Waals surface area contributed by atoms with Crippen molar-refractivity contribution in [2.24, 2.45) is 0 Å². The first kappa shape index (κ1) is 28.1. The van der Waals surface area contributed by atoms with E-state index in [9.17, 15) is 0 Å². The third-order valence-electron chi connectivity index (χ3n) is 7.02. The highest BCUT2D eigenvalue weighted by Crippen LogP contribution is 2.40. The number of rotatable bonds is 6. The Morgan fingerprint density at radius 2 is 0.872 bits per heavy atom. The van der Waals surface area contributed by atoms with Crippen LogP contribution >= 0.6 is 0 Å².